The summed E-state index contributed by atoms with van der Waals surface area (Å²) < 4.78 is 29.9. The van der Waals surface area contributed by atoms with Gasteiger partial charge in [-0.2, -0.15) is 0 Å². The largest absolute Gasteiger partial charge is 0.481 e. The molecule has 0 aliphatic heterocycles. The first-order valence-electron chi connectivity index (χ1n) is 8.33. The number of rotatable bonds is 10. The fourth-order valence-electron chi connectivity index (χ4n) is 2.48. The summed E-state index contributed by atoms with van der Waals surface area (Å²) in [7, 11) is -3.37. The molecule has 1 heterocycles. The van der Waals surface area contributed by atoms with E-state index in [9.17, 15) is 18.0 Å². The van der Waals surface area contributed by atoms with Crippen molar-refractivity contribution in [3.63, 3.8) is 0 Å². The number of hydrogen-bond donors (Lipinski definition) is 3. The Kier molecular flexibility index (Phi) is 7.14. The van der Waals surface area contributed by atoms with E-state index in [1.165, 1.54) is 12.1 Å². The average molecular weight is 394 g/mol. The SMILES string of the molecule is CS(=O)(=O)NCc1ccc(C(=O)NC(CCC(=O)O)Cc2ccccc2)o1. The van der Waals surface area contributed by atoms with Gasteiger partial charge in [-0.05, 0) is 30.5 Å². The summed E-state index contributed by atoms with van der Waals surface area (Å²) in [4.78, 5) is 23.3. The lowest BCUT2D eigenvalue weighted by Crippen LogP contribution is -2.36. The molecule has 146 valence electrons. The van der Waals surface area contributed by atoms with Gasteiger partial charge in [0.25, 0.3) is 5.91 Å². The van der Waals surface area contributed by atoms with Gasteiger partial charge in [-0.1, -0.05) is 30.3 Å². The standard InChI is InChI=1S/C18H22N2O6S/c1-27(24,25)19-12-15-8-9-16(26-15)18(23)20-14(7-10-17(21)22)11-13-5-3-2-4-6-13/h2-6,8-9,14,19H,7,10-12H2,1H3,(H,20,23)(H,21,22). The number of hydrogen-bond acceptors (Lipinski definition) is 5. The van der Waals surface area contributed by atoms with Crippen molar-refractivity contribution < 1.29 is 27.5 Å². The number of carboxylic acids is 1. The molecule has 1 atom stereocenters. The quantitative estimate of drug-likeness (QED) is 0.561. The third-order valence-corrected chi connectivity index (χ3v) is 4.43. The van der Waals surface area contributed by atoms with Gasteiger partial charge in [-0.25, -0.2) is 13.1 Å². The molecule has 9 heteroatoms. The van der Waals surface area contributed by atoms with Crippen molar-refractivity contribution in [1.82, 2.24) is 10.0 Å². The number of furan rings is 1. The molecule has 8 nitrogen and oxygen atoms in total. The number of benzene rings is 1. The molecule has 0 saturated heterocycles. The molecule has 2 rings (SSSR count). The summed E-state index contributed by atoms with van der Waals surface area (Å²) in [6.07, 6.45) is 1.72. The first-order chi connectivity index (χ1) is 12.7. The smallest absolute Gasteiger partial charge is 0.303 e. The summed E-state index contributed by atoms with van der Waals surface area (Å²) in [5, 5.41) is 11.7. The third kappa shape index (κ3) is 7.63. The Morgan fingerprint density at radius 2 is 1.85 bits per heavy atom. The molecule has 2 aromatic rings. The summed E-state index contributed by atoms with van der Waals surface area (Å²) in [6.45, 7) is -0.0570. The van der Waals surface area contributed by atoms with Crippen LogP contribution in [0.3, 0.4) is 0 Å². The van der Waals surface area contributed by atoms with Crippen LogP contribution in [0.4, 0.5) is 0 Å². The molecule has 1 amide bonds. The van der Waals surface area contributed by atoms with E-state index in [2.05, 4.69) is 10.0 Å². The Labute approximate surface area is 157 Å². The van der Waals surface area contributed by atoms with E-state index >= 15 is 0 Å². The Morgan fingerprint density at radius 3 is 2.48 bits per heavy atom. The minimum atomic E-state index is -3.37. The van der Waals surface area contributed by atoms with Gasteiger partial charge in [0, 0.05) is 12.5 Å². The fraction of sp³-hybridized carbons (Fsp3) is 0.333. The monoisotopic (exact) mass is 394 g/mol. The van der Waals surface area contributed by atoms with Crippen LogP contribution in [0.1, 0.15) is 34.7 Å². The highest BCUT2D eigenvalue weighted by atomic mass is 32.2. The van der Waals surface area contributed by atoms with E-state index in [0.717, 1.165) is 11.8 Å². The molecule has 0 fully saturated rings. The van der Waals surface area contributed by atoms with Crippen molar-refractivity contribution >= 4 is 21.9 Å². The molecule has 0 bridgehead atoms. The fourth-order valence-corrected chi connectivity index (χ4v) is 2.88. The molecule has 1 aromatic heterocycles. The van der Waals surface area contributed by atoms with Crippen molar-refractivity contribution in [2.24, 2.45) is 0 Å². The average Bonchev–Trinajstić information content (AvgIpc) is 3.07. The highest BCUT2D eigenvalue weighted by Crippen LogP contribution is 2.12. The lowest BCUT2D eigenvalue weighted by atomic mass is 10.0. The van der Waals surface area contributed by atoms with Crippen LogP contribution in [0.2, 0.25) is 0 Å². The Morgan fingerprint density at radius 1 is 1.15 bits per heavy atom. The summed E-state index contributed by atoms with van der Waals surface area (Å²) in [5.74, 6) is -1.08. The van der Waals surface area contributed by atoms with E-state index in [1.54, 1.807) is 0 Å². The Balaban J connectivity index is 2.01. The Bertz CT molecular complexity index is 876. The van der Waals surface area contributed by atoms with Gasteiger partial charge in [0.05, 0.1) is 12.8 Å². The van der Waals surface area contributed by atoms with E-state index in [0.29, 0.717) is 12.2 Å². The molecular formula is C18H22N2O6S. The predicted molar refractivity (Wildman–Crippen MR) is 98.7 cm³/mol. The zero-order valence-electron chi connectivity index (χ0n) is 14.8. The molecule has 3 N–H and O–H groups in total. The number of carbonyl (C=O) groups is 2. The van der Waals surface area contributed by atoms with Crippen LogP contribution in [0, 0.1) is 0 Å². The summed E-state index contributed by atoms with van der Waals surface area (Å²) in [5.41, 5.74) is 0.977. The van der Waals surface area contributed by atoms with Gasteiger partial charge in [-0.15, -0.1) is 0 Å². The van der Waals surface area contributed by atoms with Crippen LogP contribution < -0.4 is 10.0 Å². The van der Waals surface area contributed by atoms with E-state index in [-0.39, 0.29) is 31.2 Å². The second-order valence-corrected chi connectivity index (χ2v) is 7.98. The molecule has 0 radical (unpaired) electrons. The molecule has 1 aromatic carbocycles. The number of amides is 1. The van der Waals surface area contributed by atoms with Crippen molar-refractivity contribution in [2.45, 2.75) is 31.8 Å². The zero-order valence-corrected chi connectivity index (χ0v) is 15.7. The molecule has 0 aliphatic rings. The highest BCUT2D eigenvalue weighted by Gasteiger charge is 2.18. The van der Waals surface area contributed by atoms with Crippen LogP contribution >= 0.6 is 0 Å². The number of carbonyl (C=O) groups excluding carboxylic acids is 1. The molecular weight excluding hydrogens is 372 g/mol. The van der Waals surface area contributed by atoms with Gasteiger partial charge >= 0.3 is 5.97 Å². The van der Waals surface area contributed by atoms with Gasteiger partial charge in [0.15, 0.2) is 5.76 Å². The van der Waals surface area contributed by atoms with Crippen molar-refractivity contribution in [3.05, 3.63) is 59.5 Å². The molecule has 0 aliphatic carbocycles. The molecule has 1 unspecified atom stereocenters. The number of sulfonamides is 1. The maximum absolute atomic E-state index is 12.4. The van der Waals surface area contributed by atoms with Gasteiger partial charge in [0.2, 0.25) is 10.0 Å². The van der Waals surface area contributed by atoms with Crippen LogP contribution in [-0.4, -0.2) is 37.7 Å². The molecule has 0 spiro atoms. The van der Waals surface area contributed by atoms with Crippen molar-refractivity contribution in [3.8, 4) is 0 Å². The van der Waals surface area contributed by atoms with E-state index < -0.39 is 21.9 Å². The lowest BCUT2D eigenvalue weighted by molar-refractivity contribution is -0.137. The lowest BCUT2D eigenvalue weighted by Gasteiger charge is -2.17. The zero-order chi connectivity index (χ0) is 19.9. The van der Waals surface area contributed by atoms with Crippen LogP contribution in [-0.2, 0) is 27.8 Å². The maximum atomic E-state index is 12.4. The second-order valence-electron chi connectivity index (χ2n) is 6.15. The first-order valence-corrected chi connectivity index (χ1v) is 10.2. The van der Waals surface area contributed by atoms with Gasteiger partial charge in [-0.3, -0.25) is 9.59 Å². The van der Waals surface area contributed by atoms with E-state index in [1.807, 2.05) is 30.3 Å². The normalized spacial score (nSPS) is 12.5. The minimum Gasteiger partial charge on any atom is -0.481 e. The van der Waals surface area contributed by atoms with E-state index in [4.69, 9.17) is 9.52 Å². The second kappa shape index (κ2) is 9.33. The summed E-state index contributed by atoms with van der Waals surface area (Å²) >= 11 is 0. The topological polar surface area (TPSA) is 126 Å². The van der Waals surface area contributed by atoms with Crippen molar-refractivity contribution in [2.75, 3.05) is 6.26 Å². The van der Waals surface area contributed by atoms with Crippen molar-refractivity contribution in [1.29, 1.82) is 0 Å². The van der Waals surface area contributed by atoms with Crippen LogP contribution in [0.15, 0.2) is 46.9 Å². The molecule has 0 saturated carbocycles. The summed E-state index contributed by atoms with van der Waals surface area (Å²) in [6, 6.07) is 12.0. The number of nitrogens with one attached hydrogen (secondary N) is 2. The number of aliphatic carboxylic acids is 1. The third-order valence-electron chi connectivity index (χ3n) is 3.76. The predicted octanol–water partition coefficient (Wildman–Crippen LogP) is 1.53. The maximum Gasteiger partial charge on any atom is 0.303 e. The van der Waals surface area contributed by atoms with Crippen LogP contribution in [0.5, 0.6) is 0 Å². The first kappa shape index (κ1) is 20.7. The Hall–Kier alpha value is -2.65. The highest BCUT2D eigenvalue weighted by molar-refractivity contribution is 7.88. The molecule has 27 heavy (non-hydrogen) atoms. The minimum absolute atomic E-state index is 0.0358. The van der Waals surface area contributed by atoms with Gasteiger partial charge in [0.1, 0.15) is 5.76 Å². The van der Waals surface area contributed by atoms with Crippen LogP contribution in [0.25, 0.3) is 0 Å². The number of carboxylic acid groups (broad SMARTS) is 1. The van der Waals surface area contributed by atoms with Gasteiger partial charge < -0.3 is 14.8 Å².